The van der Waals surface area contributed by atoms with Gasteiger partial charge in [-0.15, -0.1) is 0 Å². The summed E-state index contributed by atoms with van der Waals surface area (Å²) in [5.74, 6) is 0.954. The van der Waals surface area contributed by atoms with Crippen LogP contribution >= 0.6 is 22.6 Å². The highest BCUT2D eigenvalue weighted by Crippen LogP contribution is 2.28. The van der Waals surface area contributed by atoms with Crippen LogP contribution in [0.5, 0.6) is 5.75 Å². The second kappa shape index (κ2) is 6.80. The Labute approximate surface area is 128 Å². The lowest BCUT2D eigenvalue weighted by Gasteiger charge is -2.19. The van der Waals surface area contributed by atoms with Crippen molar-refractivity contribution in [2.24, 2.45) is 0 Å². The molecule has 1 atom stereocenters. The number of rotatable bonds is 5. The first kappa shape index (κ1) is 14.2. The summed E-state index contributed by atoms with van der Waals surface area (Å²) in [5.41, 5.74) is 2.31. The third-order valence-electron chi connectivity index (χ3n) is 2.89. The Morgan fingerprint density at radius 2 is 1.95 bits per heavy atom. The van der Waals surface area contributed by atoms with Gasteiger partial charge in [0.15, 0.2) is 0 Å². The number of nitrogens with one attached hydrogen (secondary N) is 1. The molecule has 0 radical (unpaired) electrons. The first-order valence-electron chi connectivity index (χ1n) is 6.44. The summed E-state index contributed by atoms with van der Waals surface area (Å²) in [6.45, 7) is 4.85. The Bertz CT molecular complexity index is 542. The minimum atomic E-state index is 0.209. The number of hydrogen-bond donors (Lipinski definition) is 1. The molecule has 0 fully saturated rings. The van der Waals surface area contributed by atoms with Crippen molar-refractivity contribution in [3.8, 4) is 5.75 Å². The Kier molecular flexibility index (Phi) is 5.07. The maximum Gasteiger partial charge on any atom is 0.124 e. The van der Waals surface area contributed by atoms with Gasteiger partial charge in [0.2, 0.25) is 0 Å². The average molecular weight is 367 g/mol. The van der Waals surface area contributed by atoms with E-state index in [4.69, 9.17) is 4.74 Å². The van der Waals surface area contributed by atoms with E-state index in [-0.39, 0.29) is 6.04 Å². The molecule has 2 aromatic rings. The number of hydrogen-bond acceptors (Lipinski definition) is 2. The van der Waals surface area contributed by atoms with Gasteiger partial charge in [-0.05, 0) is 60.7 Å². The van der Waals surface area contributed by atoms with Crippen LogP contribution in [0.15, 0.2) is 48.5 Å². The lowest BCUT2D eigenvalue weighted by atomic mass is 10.1. The molecular weight excluding hydrogens is 349 g/mol. The lowest BCUT2D eigenvalue weighted by Crippen LogP contribution is -2.09. The minimum absolute atomic E-state index is 0.209. The molecule has 2 aromatic carbocycles. The van der Waals surface area contributed by atoms with E-state index in [0.717, 1.165) is 11.4 Å². The molecule has 19 heavy (non-hydrogen) atoms. The zero-order chi connectivity index (χ0) is 13.7. The smallest absolute Gasteiger partial charge is 0.124 e. The normalized spacial score (nSPS) is 11.9. The van der Waals surface area contributed by atoms with Crippen LogP contribution < -0.4 is 10.1 Å². The van der Waals surface area contributed by atoms with E-state index in [1.54, 1.807) is 0 Å². The minimum Gasteiger partial charge on any atom is -0.494 e. The Balaban J connectivity index is 2.17. The molecule has 1 N–H and O–H groups in total. The van der Waals surface area contributed by atoms with E-state index in [1.807, 2.05) is 25.1 Å². The van der Waals surface area contributed by atoms with E-state index in [9.17, 15) is 0 Å². The van der Waals surface area contributed by atoms with Crippen LogP contribution in [0.3, 0.4) is 0 Å². The average Bonchev–Trinajstić information content (AvgIpc) is 2.39. The molecule has 0 aliphatic heterocycles. The molecule has 0 aliphatic rings. The molecule has 2 nitrogen and oxygen atoms in total. The first-order chi connectivity index (χ1) is 9.20. The molecule has 0 bridgehead atoms. The largest absolute Gasteiger partial charge is 0.494 e. The fourth-order valence-corrected chi connectivity index (χ4v) is 2.57. The zero-order valence-electron chi connectivity index (χ0n) is 11.2. The molecule has 1 unspecified atom stereocenters. The Morgan fingerprint density at radius 3 is 2.68 bits per heavy atom. The van der Waals surface area contributed by atoms with Crippen molar-refractivity contribution in [3.05, 3.63) is 57.7 Å². The maximum atomic E-state index is 5.68. The summed E-state index contributed by atoms with van der Waals surface area (Å²) in [4.78, 5) is 0. The zero-order valence-corrected chi connectivity index (χ0v) is 13.3. The van der Waals surface area contributed by atoms with Crippen molar-refractivity contribution < 1.29 is 4.74 Å². The van der Waals surface area contributed by atoms with E-state index < -0.39 is 0 Å². The molecule has 0 heterocycles. The summed E-state index contributed by atoms with van der Waals surface area (Å²) in [5, 5.41) is 3.51. The van der Waals surface area contributed by atoms with Gasteiger partial charge in [-0.1, -0.05) is 24.3 Å². The number of halogens is 1. The molecule has 0 amide bonds. The van der Waals surface area contributed by atoms with E-state index in [2.05, 4.69) is 65.2 Å². The lowest BCUT2D eigenvalue weighted by molar-refractivity contribution is 0.335. The van der Waals surface area contributed by atoms with Crippen LogP contribution in [0.4, 0.5) is 5.69 Å². The second-order valence-electron chi connectivity index (χ2n) is 4.35. The van der Waals surface area contributed by atoms with Crippen LogP contribution in [0.1, 0.15) is 25.5 Å². The summed E-state index contributed by atoms with van der Waals surface area (Å²) in [6.07, 6.45) is 0. The van der Waals surface area contributed by atoms with Crippen LogP contribution in [-0.4, -0.2) is 6.61 Å². The summed E-state index contributed by atoms with van der Waals surface area (Å²) in [7, 11) is 0. The van der Waals surface area contributed by atoms with Gasteiger partial charge in [0.25, 0.3) is 0 Å². The molecule has 3 heteroatoms. The van der Waals surface area contributed by atoms with Crippen molar-refractivity contribution >= 4 is 28.3 Å². The number of benzene rings is 2. The topological polar surface area (TPSA) is 21.3 Å². The van der Waals surface area contributed by atoms with Crippen LogP contribution in [0.25, 0.3) is 0 Å². The van der Waals surface area contributed by atoms with Gasteiger partial charge in [0.05, 0.1) is 12.6 Å². The van der Waals surface area contributed by atoms with Crippen LogP contribution in [0, 0.1) is 3.57 Å². The number of para-hydroxylation sites is 1. The molecule has 0 spiro atoms. The van der Waals surface area contributed by atoms with Gasteiger partial charge in [-0.2, -0.15) is 0 Å². The molecule has 2 rings (SSSR count). The van der Waals surface area contributed by atoms with E-state index >= 15 is 0 Å². The van der Waals surface area contributed by atoms with Crippen molar-refractivity contribution in [3.63, 3.8) is 0 Å². The highest BCUT2D eigenvalue weighted by atomic mass is 127. The van der Waals surface area contributed by atoms with Crippen molar-refractivity contribution in [2.45, 2.75) is 19.9 Å². The fourth-order valence-electron chi connectivity index (χ4n) is 2.03. The second-order valence-corrected chi connectivity index (χ2v) is 5.59. The Hall–Kier alpha value is -1.23. The van der Waals surface area contributed by atoms with Crippen LogP contribution in [-0.2, 0) is 0 Å². The molecule has 0 aromatic heterocycles. The summed E-state index contributed by atoms with van der Waals surface area (Å²) < 4.78 is 6.91. The van der Waals surface area contributed by atoms with Gasteiger partial charge >= 0.3 is 0 Å². The molecule has 0 saturated carbocycles. The fraction of sp³-hybridized carbons (Fsp3) is 0.250. The predicted octanol–water partition coefficient (Wildman–Crippen LogP) is 4.86. The molecule has 0 aliphatic carbocycles. The van der Waals surface area contributed by atoms with E-state index in [1.165, 1.54) is 9.13 Å². The molecule has 100 valence electrons. The highest BCUT2D eigenvalue weighted by molar-refractivity contribution is 14.1. The standard InChI is InChI=1S/C16H18INO/c1-3-19-16-10-5-4-9-15(16)12(2)18-14-8-6-7-13(17)11-14/h4-12,18H,3H2,1-2H3. The predicted molar refractivity (Wildman–Crippen MR) is 88.8 cm³/mol. The van der Waals surface area contributed by atoms with Gasteiger partial charge in [-0.25, -0.2) is 0 Å². The van der Waals surface area contributed by atoms with E-state index in [0.29, 0.717) is 6.61 Å². The third kappa shape index (κ3) is 3.86. The van der Waals surface area contributed by atoms with Crippen molar-refractivity contribution in [1.82, 2.24) is 0 Å². The number of ether oxygens (including phenoxy) is 1. The molecular formula is C16H18INO. The van der Waals surface area contributed by atoms with Gasteiger partial charge < -0.3 is 10.1 Å². The molecule has 0 saturated heterocycles. The van der Waals surface area contributed by atoms with Gasteiger partial charge in [-0.3, -0.25) is 0 Å². The Morgan fingerprint density at radius 1 is 1.16 bits per heavy atom. The monoisotopic (exact) mass is 367 g/mol. The third-order valence-corrected chi connectivity index (χ3v) is 3.56. The van der Waals surface area contributed by atoms with Crippen LogP contribution in [0.2, 0.25) is 0 Å². The maximum absolute atomic E-state index is 5.68. The van der Waals surface area contributed by atoms with Crippen molar-refractivity contribution in [2.75, 3.05) is 11.9 Å². The highest BCUT2D eigenvalue weighted by Gasteiger charge is 2.10. The first-order valence-corrected chi connectivity index (χ1v) is 7.52. The summed E-state index contributed by atoms with van der Waals surface area (Å²) in [6, 6.07) is 16.8. The number of anilines is 1. The SMILES string of the molecule is CCOc1ccccc1C(C)Nc1cccc(I)c1. The van der Waals surface area contributed by atoms with Crippen molar-refractivity contribution in [1.29, 1.82) is 0 Å². The van der Waals surface area contributed by atoms with Gasteiger partial charge in [0, 0.05) is 14.8 Å². The summed E-state index contributed by atoms with van der Waals surface area (Å²) >= 11 is 2.32. The van der Waals surface area contributed by atoms with Gasteiger partial charge in [0.1, 0.15) is 5.75 Å². The quantitative estimate of drug-likeness (QED) is 0.762.